The number of nitrogens with two attached hydrogens (primary N) is 1. The highest BCUT2D eigenvalue weighted by Crippen LogP contribution is 2.32. The Labute approximate surface area is 161 Å². The van der Waals surface area contributed by atoms with Gasteiger partial charge in [0.25, 0.3) is 0 Å². The van der Waals surface area contributed by atoms with E-state index in [4.69, 9.17) is 15.2 Å². The number of methoxy groups -OCH3 is 1. The molecule has 3 nitrogen and oxygen atoms in total. The first-order valence-corrected chi connectivity index (χ1v) is 8.36. The van der Waals surface area contributed by atoms with Crippen molar-refractivity contribution in [2.24, 2.45) is 5.73 Å². The quantitative estimate of drug-likeness (QED) is 0.655. The Morgan fingerprint density at radius 2 is 1.65 bits per heavy atom. The molecule has 0 atom stereocenters. The molecule has 0 aliphatic rings. The first-order chi connectivity index (χ1) is 12.2. The lowest BCUT2D eigenvalue weighted by Gasteiger charge is -2.16. The van der Waals surface area contributed by atoms with Gasteiger partial charge in [-0.25, -0.2) is 0 Å². The van der Waals surface area contributed by atoms with E-state index in [1.54, 1.807) is 7.11 Å². The van der Waals surface area contributed by atoms with E-state index >= 15 is 0 Å². The van der Waals surface area contributed by atoms with Crippen molar-refractivity contribution >= 4 is 12.4 Å². The van der Waals surface area contributed by atoms with Crippen LogP contribution in [0, 0.1) is 6.92 Å². The van der Waals surface area contributed by atoms with Crippen LogP contribution in [0.1, 0.15) is 16.7 Å². The summed E-state index contributed by atoms with van der Waals surface area (Å²) in [6.45, 7) is 3.03. The molecular formula is C22H24ClNO2. The second-order valence-corrected chi connectivity index (χ2v) is 5.99. The van der Waals surface area contributed by atoms with Gasteiger partial charge in [-0.3, -0.25) is 0 Å². The summed E-state index contributed by atoms with van der Waals surface area (Å²) in [5, 5.41) is 0. The maximum absolute atomic E-state index is 6.08. The molecular weight excluding hydrogens is 346 g/mol. The molecule has 0 bridgehead atoms. The molecule has 3 aromatic carbocycles. The summed E-state index contributed by atoms with van der Waals surface area (Å²) in [6, 6.07) is 22.4. The molecule has 3 rings (SSSR count). The van der Waals surface area contributed by atoms with Gasteiger partial charge < -0.3 is 15.2 Å². The Morgan fingerprint density at radius 3 is 2.35 bits per heavy atom. The molecule has 0 aromatic heterocycles. The second kappa shape index (κ2) is 9.27. The highest BCUT2D eigenvalue weighted by atomic mass is 35.5. The van der Waals surface area contributed by atoms with Crippen LogP contribution in [0.5, 0.6) is 11.5 Å². The largest absolute Gasteiger partial charge is 0.497 e. The number of benzene rings is 3. The van der Waals surface area contributed by atoms with Crippen LogP contribution >= 0.6 is 12.4 Å². The topological polar surface area (TPSA) is 44.5 Å². The van der Waals surface area contributed by atoms with Crippen molar-refractivity contribution in [2.75, 3.05) is 7.11 Å². The predicted octanol–water partition coefficient (Wildman–Crippen LogP) is 5.13. The van der Waals surface area contributed by atoms with Gasteiger partial charge in [-0.2, -0.15) is 0 Å². The third-order valence-corrected chi connectivity index (χ3v) is 4.20. The van der Waals surface area contributed by atoms with Crippen molar-refractivity contribution < 1.29 is 9.47 Å². The zero-order valence-electron chi connectivity index (χ0n) is 15.1. The average Bonchev–Trinajstić information content (AvgIpc) is 2.67. The van der Waals surface area contributed by atoms with E-state index in [-0.39, 0.29) is 12.4 Å². The Hall–Kier alpha value is -2.49. The van der Waals surface area contributed by atoms with E-state index in [0.717, 1.165) is 39.3 Å². The number of hydrogen-bond donors (Lipinski definition) is 1. The van der Waals surface area contributed by atoms with Gasteiger partial charge in [0.2, 0.25) is 0 Å². The van der Waals surface area contributed by atoms with E-state index < -0.39 is 0 Å². The smallest absolute Gasteiger partial charge is 0.127 e. The van der Waals surface area contributed by atoms with Gasteiger partial charge in [-0.05, 0) is 53.4 Å². The van der Waals surface area contributed by atoms with Crippen molar-refractivity contribution in [2.45, 2.75) is 20.1 Å². The Bertz CT molecular complexity index is 850. The molecule has 26 heavy (non-hydrogen) atoms. The number of hydrogen-bond acceptors (Lipinski definition) is 3. The molecule has 0 fully saturated rings. The predicted molar refractivity (Wildman–Crippen MR) is 109 cm³/mol. The van der Waals surface area contributed by atoms with Crippen molar-refractivity contribution in [1.29, 1.82) is 0 Å². The fraction of sp³-hybridized carbons (Fsp3) is 0.182. The van der Waals surface area contributed by atoms with E-state index in [1.807, 2.05) is 36.4 Å². The number of ether oxygens (including phenoxy) is 2. The van der Waals surface area contributed by atoms with Gasteiger partial charge in [0.1, 0.15) is 18.1 Å². The van der Waals surface area contributed by atoms with Crippen molar-refractivity contribution in [3.8, 4) is 22.6 Å². The summed E-state index contributed by atoms with van der Waals surface area (Å²) < 4.78 is 11.4. The monoisotopic (exact) mass is 369 g/mol. The standard InChI is InChI=1S/C22H23NO2.ClH/c1-16-11-19(18-9-6-10-21(13-18)24-2)12-20(14-23)22(16)25-15-17-7-4-3-5-8-17;/h3-13H,14-15,23H2,1-2H3;1H. The van der Waals surface area contributed by atoms with Crippen LogP contribution in [0.3, 0.4) is 0 Å². The highest BCUT2D eigenvalue weighted by molar-refractivity contribution is 5.85. The molecule has 0 amide bonds. The van der Waals surface area contributed by atoms with Crippen LogP contribution in [-0.2, 0) is 13.2 Å². The third-order valence-electron chi connectivity index (χ3n) is 4.20. The van der Waals surface area contributed by atoms with Crippen LogP contribution < -0.4 is 15.2 Å². The lowest BCUT2D eigenvalue weighted by atomic mass is 9.99. The van der Waals surface area contributed by atoms with Gasteiger partial charge >= 0.3 is 0 Å². The maximum Gasteiger partial charge on any atom is 0.127 e. The lowest BCUT2D eigenvalue weighted by molar-refractivity contribution is 0.301. The maximum atomic E-state index is 6.08. The van der Waals surface area contributed by atoms with E-state index in [1.165, 1.54) is 0 Å². The normalized spacial score (nSPS) is 10.1. The van der Waals surface area contributed by atoms with Gasteiger partial charge in [0.05, 0.1) is 7.11 Å². The minimum Gasteiger partial charge on any atom is -0.497 e. The Kier molecular flexibility index (Phi) is 7.07. The highest BCUT2D eigenvalue weighted by Gasteiger charge is 2.11. The molecule has 0 saturated carbocycles. The number of rotatable bonds is 6. The minimum absolute atomic E-state index is 0. The van der Waals surface area contributed by atoms with Gasteiger partial charge in [-0.15, -0.1) is 12.4 Å². The molecule has 0 spiro atoms. The summed E-state index contributed by atoms with van der Waals surface area (Å²) in [5.74, 6) is 1.71. The molecule has 0 aliphatic heterocycles. The van der Waals surface area contributed by atoms with Crippen LogP contribution in [-0.4, -0.2) is 7.11 Å². The molecule has 0 heterocycles. The van der Waals surface area contributed by atoms with Crippen LogP contribution in [0.15, 0.2) is 66.7 Å². The lowest BCUT2D eigenvalue weighted by Crippen LogP contribution is -2.05. The third kappa shape index (κ3) is 4.57. The molecule has 0 saturated heterocycles. The van der Waals surface area contributed by atoms with E-state index in [2.05, 4.69) is 37.3 Å². The molecule has 2 N–H and O–H groups in total. The van der Waals surface area contributed by atoms with Gasteiger partial charge in [0, 0.05) is 12.1 Å². The number of halogens is 1. The molecule has 3 aromatic rings. The summed E-state index contributed by atoms with van der Waals surface area (Å²) in [7, 11) is 1.68. The van der Waals surface area contributed by atoms with Crippen LogP contribution in [0.4, 0.5) is 0 Å². The Balaban J connectivity index is 0.00000243. The second-order valence-electron chi connectivity index (χ2n) is 5.99. The fourth-order valence-electron chi connectivity index (χ4n) is 2.90. The van der Waals surface area contributed by atoms with Gasteiger partial charge in [0.15, 0.2) is 0 Å². The minimum atomic E-state index is 0. The van der Waals surface area contributed by atoms with Crippen molar-refractivity contribution in [3.05, 3.63) is 83.4 Å². The SMILES string of the molecule is COc1cccc(-c2cc(C)c(OCc3ccccc3)c(CN)c2)c1.Cl. The zero-order valence-corrected chi connectivity index (χ0v) is 15.9. The Morgan fingerprint density at radius 1 is 0.885 bits per heavy atom. The molecule has 136 valence electrons. The van der Waals surface area contributed by atoms with Crippen molar-refractivity contribution in [3.63, 3.8) is 0 Å². The molecule has 4 heteroatoms. The molecule has 0 aliphatic carbocycles. The van der Waals surface area contributed by atoms with Gasteiger partial charge in [-0.1, -0.05) is 42.5 Å². The summed E-state index contributed by atoms with van der Waals surface area (Å²) in [4.78, 5) is 0. The van der Waals surface area contributed by atoms with Crippen molar-refractivity contribution in [1.82, 2.24) is 0 Å². The van der Waals surface area contributed by atoms with Crippen LogP contribution in [0.25, 0.3) is 11.1 Å². The van der Waals surface area contributed by atoms with E-state index in [0.29, 0.717) is 13.2 Å². The number of aryl methyl sites for hydroxylation is 1. The van der Waals surface area contributed by atoms with E-state index in [9.17, 15) is 0 Å². The summed E-state index contributed by atoms with van der Waals surface area (Å²) >= 11 is 0. The molecule has 0 unspecified atom stereocenters. The zero-order chi connectivity index (χ0) is 17.6. The van der Waals surface area contributed by atoms with Crippen LogP contribution in [0.2, 0.25) is 0 Å². The first-order valence-electron chi connectivity index (χ1n) is 8.36. The first kappa shape index (κ1) is 19.8. The molecule has 0 radical (unpaired) electrons. The summed E-state index contributed by atoms with van der Waals surface area (Å²) in [6.07, 6.45) is 0. The average molecular weight is 370 g/mol. The summed E-state index contributed by atoms with van der Waals surface area (Å²) in [5.41, 5.74) is 11.4. The fourth-order valence-corrected chi connectivity index (χ4v) is 2.90.